The molecule has 0 unspecified atom stereocenters. The normalized spacial score (nSPS) is 10.7. The van der Waals surface area contributed by atoms with Gasteiger partial charge >= 0.3 is 5.97 Å². The molecule has 2 aromatic carbocycles. The van der Waals surface area contributed by atoms with Crippen LogP contribution in [0.1, 0.15) is 47.5 Å². The Kier molecular flexibility index (Phi) is 5.78. The number of rotatable bonds is 6. The number of tetrazole rings is 1. The van der Waals surface area contributed by atoms with Crippen molar-refractivity contribution in [3.05, 3.63) is 59.7 Å². The standard InChI is InChI=1S/C20H21N5O3/c1-4-28-20(27)14-8-10-17(11-9-14)21-19(26)16-7-5-6-15(12-16)18-22-23-24-25(18)13(2)3/h5-13H,4H2,1-3H3,(H,21,26). The third-order valence-electron chi connectivity index (χ3n) is 4.02. The maximum absolute atomic E-state index is 12.6. The predicted molar refractivity (Wildman–Crippen MR) is 104 cm³/mol. The fourth-order valence-corrected chi connectivity index (χ4v) is 2.64. The number of benzene rings is 2. The summed E-state index contributed by atoms with van der Waals surface area (Å²) in [7, 11) is 0. The summed E-state index contributed by atoms with van der Waals surface area (Å²) < 4.78 is 6.65. The molecule has 0 aliphatic heterocycles. The molecule has 0 fully saturated rings. The molecule has 1 aromatic heterocycles. The highest BCUT2D eigenvalue weighted by atomic mass is 16.5. The second-order valence-corrected chi connectivity index (χ2v) is 6.37. The first-order valence-electron chi connectivity index (χ1n) is 8.96. The van der Waals surface area contributed by atoms with Crippen LogP contribution in [0.4, 0.5) is 5.69 Å². The van der Waals surface area contributed by atoms with Crippen molar-refractivity contribution in [3.63, 3.8) is 0 Å². The Morgan fingerprint density at radius 2 is 1.86 bits per heavy atom. The fourth-order valence-electron chi connectivity index (χ4n) is 2.64. The van der Waals surface area contributed by atoms with Crippen molar-refractivity contribution in [1.29, 1.82) is 0 Å². The van der Waals surface area contributed by atoms with Crippen LogP contribution in [0.25, 0.3) is 11.4 Å². The van der Waals surface area contributed by atoms with Gasteiger partial charge in [-0.05, 0) is 67.6 Å². The second-order valence-electron chi connectivity index (χ2n) is 6.37. The van der Waals surface area contributed by atoms with Crippen molar-refractivity contribution in [2.45, 2.75) is 26.8 Å². The number of aromatic nitrogens is 4. The number of anilines is 1. The van der Waals surface area contributed by atoms with E-state index in [1.165, 1.54) is 0 Å². The summed E-state index contributed by atoms with van der Waals surface area (Å²) in [5.74, 6) is -0.0614. The van der Waals surface area contributed by atoms with Gasteiger partial charge in [-0.1, -0.05) is 12.1 Å². The van der Waals surface area contributed by atoms with E-state index < -0.39 is 5.97 Å². The Morgan fingerprint density at radius 1 is 1.11 bits per heavy atom. The van der Waals surface area contributed by atoms with Crippen LogP contribution in [0, 0.1) is 0 Å². The maximum Gasteiger partial charge on any atom is 0.338 e. The molecule has 1 amide bonds. The van der Waals surface area contributed by atoms with Crippen molar-refractivity contribution in [2.24, 2.45) is 0 Å². The predicted octanol–water partition coefficient (Wildman–Crippen LogP) is 3.35. The highest BCUT2D eigenvalue weighted by molar-refractivity contribution is 6.05. The van der Waals surface area contributed by atoms with Crippen LogP contribution in [0.15, 0.2) is 48.5 Å². The van der Waals surface area contributed by atoms with Gasteiger partial charge in [-0.2, -0.15) is 0 Å². The number of esters is 1. The van der Waals surface area contributed by atoms with Gasteiger partial charge in [-0.25, -0.2) is 9.48 Å². The topological polar surface area (TPSA) is 99.0 Å². The lowest BCUT2D eigenvalue weighted by Crippen LogP contribution is -2.12. The summed E-state index contributed by atoms with van der Waals surface area (Å²) in [6.07, 6.45) is 0. The Bertz CT molecular complexity index is 980. The van der Waals surface area contributed by atoms with E-state index >= 15 is 0 Å². The highest BCUT2D eigenvalue weighted by Gasteiger charge is 2.14. The molecule has 8 nitrogen and oxygen atoms in total. The summed E-state index contributed by atoms with van der Waals surface area (Å²) >= 11 is 0. The third kappa shape index (κ3) is 4.22. The molecule has 0 spiro atoms. The van der Waals surface area contributed by atoms with E-state index in [1.54, 1.807) is 54.1 Å². The Labute approximate surface area is 162 Å². The number of nitrogens with zero attached hydrogens (tertiary/aromatic N) is 4. The summed E-state index contributed by atoms with van der Waals surface area (Å²) in [6, 6.07) is 13.7. The average Bonchev–Trinajstić information content (AvgIpc) is 3.19. The van der Waals surface area contributed by atoms with Crippen molar-refractivity contribution in [3.8, 4) is 11.4 Å². The first-order chi connectivity index (χ1) is 13.5. The molecule has 3 aromatic rings. The molecule has 0 radical (unpaired) electrons. The molecule has 3 rings (SSSR count). The quantitative estimate of drug-likeness (QED) is 0.660. The monoisotopic (exact) mass is 379 g/mol. The van der Waals surface area contributed by atoms with Gasteiger partial charge in [0.1, 0.15) is 0 Å². The highest BCUT2D eigenvalue weighted by Crippen LogP contribution is 2.21. The van der Waals surface area contributed by atoms with E-state index in [2.05, 4.69) is 20.8 Å². The molecular formula is C20H21N5O3. The van der Waals surface area contributed by atoms with Crippen LogP contribution in [0.2, 0.25) is 0 Å². The Hall–Kier alpha value is -3.55. The first kappa shape index (κ1) is 19.2. The van der Waals surface area contributed by atoms with E-state index in [1.807, 2.05) is 19.9 Å². The minimum Gasteiger partial charge on any atom is -0.462 e. The molecule has 0 aliphatic rings. The number of amides is 1. The van der Waals surface area contributed by atoms with Crippen LogP contribution >= 0.6 is 0 Å². The summed E-state index contributed by atoms with van der Waals surface area (Å²) in [5, 5.41) is 14.6. The van der Waals surface area contributed by atoms with E-state index in [4.69, 9.17) is 4.74 Å². The smallest absolute Gasteiger partial charge is 0.338 e. The average molecular weight is 379 g/mol. The lowest BCUT2D eigenvalue weighted by atomic mass is 10.1. The number of ether oxygens (including phenoxy) is 1. The van der Waals surface area contributed by atoms with E-state index in [0.717, 1.165) is 5.56 Å². The maximum atomic E-state index is 12.6. The van der Waals surface area contributed by atoms with E-state index in [0.29, 0.717) is 29.2 Å². The molecule has 0 saturated carbocycles. The first-order valence-corrected chi connectivity index (χ1v) is 8.96. The molecule has 28 heavy (non-hydrogen) atoms. The van der Waals surface area contributed by atoms with Crippen molar-refractivity contribution in [2.75, 3.05) is 11.9 Å². The molecule has 0 bridgehead atoms. The molecule has 0 aliphatic carbocycles. The lowest BCUT2D eigenvalue weighted by Gasteiger charge is -2.10. The fraction of sp³-hybridized carbons (Fsp3) is 0.250. The Morgan fingerprint density at radius 3 is 2.54 bits per heavy atom. The summed E-state index contributed by atoms with van der Waals surface area (Å²) in [4.78, 5) is 24.3. The third-order valence-corrected chi connectivity index (χ3v) is 4.02. The van der Waals surface area contributed by atoms with Gasteiger partial charge in [-0.3, -0.25) is 4.79 Å². The summed E-state index contributed by atoms with van der Waals surface area (Å²) in [6.45, 7) is 6.03. The number of carbonyl (C=O) groups excluding carboxylic acids is 2. The van der Waals surface area contributed by atoms with Gasteiger partial charge in [0.15, 0.2) is 5.82 Å². The van der Waals surface area contributed by atoms with Gasteiger partial charge in [0.25, 0.3) is 5.91 Å². The van der Waals surface area contributed by atoms with Crippen LogP contribution in [-0.2, 0) is 4.74 Å². The van der Waals surface area contributed by atoms with E-state index in [-0.39, 0.29) is 11.9 Å². The van der Waals surface area contributed by atoms with Gasteiger partial charge in [0.05, 0.1) is 18.2 Å². The molecule has 1 heterocycles. The zero-order valence-electron chi connectivity index (χ0n) is 15.9. The zero-order chi connectivity index (χ0) is 20.1. The van der Waals surface area contributed by atoms with Crippen molar-refractivity contribution >= 4 is 17.6 Å². The number of hydrogen-bond donors (Lipinski definition) is 1. The molecule has 8 heteroatoms. The molecule has 0 atom stereocenters. The lowest BCUT2D eigenvalue weighted by molar-refractivity contribution is 0.0526. The molecule has 144 valence electrons. The van der Waals surface area contributed by atoms with Gasteiger partial charge in [-0.15, -0.1) is 5.10 Å². The second kappa shape index (κ2) is 8.43. The number of nitrogens with one attached hydrogen (secondary N) is 1. The minimum absolute atomic E-state index is 0.0976. The van der Waals surface area contributed by atoms with Crippen molar-refractivity contribution in [1.82, 2.24) is 20.2 Å². The zero-order valence-corrected chi connectivity index (χ0v) is 15.9. The van der Waals surface area contributed by atoms with Crippen LogP contribution in [-0.4, -0.2) is 38.7 Å². The van der Waals surface area contributed by atoms with Crippen LogP contribution in [0.3, 0.4) is 0 Å². The molecule has 0 saturated heterocycles. The van der Waals surface area contributed by atoms with E-state index in [9.17, 15) is 9.59 Å². The molecular weight excluding hydrogens is 358 g/mol. The Balaban J connectivity index is 1.76. The van der Waals surface area contributed by atoms with Crippen LogP contribution < -0.4 is 5.32 Å². The molecule has 1 N–H and O–H groups in total. The van der Waals surface area contributed by atoms with Gasteiger partial charge < -0.3 is 10.1 Å². The van der Waals surface area contributed by atoms with Crippen LogP contribution in [0.5, 0.6) is 0 Å². The van der Waals surface area contributed by atoms with Crippen molar-refractivity contribution < 1.29 is 14.3 Å². The SMILES string of the molecule is CCOC(=O)c1ccc(NC(=O)c2cccc(-c3nnnn3C(C)C)c2)cc1. The van der Waals surface area contributed by atoms with Gasteiger partial charge in [0.2, 0.25) is 0 Å². The summed E-state index contributed by atoms with van der Waals surface area (Å²) in [5.41, 5.74) is 2.24. The number of carbonyl (C=O) groups is 2. The largest absolute Gasteiger partial charge is 0.462 e. The van der Waals surface area contributed by atoms with Gasteiger partial charge in [0, 0.05) is 16.8 Å². The minimum atomic E-state index is -0.393. The number of hydrogen-bond acceptors (Lipinski definition) is 6.